The molecule has 0 heterocycles. The van der Waals surface area contributed by atoms with Crippen LogP contribution in [0.15, 0.2) is 17.8 Å². The first-order chi connectivity index (χ1) is 6.65. The lowest BCUT2D eigenvalue weighted by molar-refractivity contribution is -0.153. The largest absolute Gasteiger partial charge is 0.459 e. The van der Waals surface area contributed by atoms with Gasteiger partial charge in [0.2, 0.25) is 0 Å². The summed E-state index contributed by atoms with van der Waals surface area (Å²) in [4.78, 5) is 26.2. The Morgan fingerprint density at radius 2 is 2.21 bits per heavy atom. The molecule has 6 heteroatoms. The van der Waals surface area contributed by atoms with Crippen molar-refractivity contribution in [3.8, 4) is 0 Å². The number of esters is 1. The normalized spacial score (nSPS) is 10.3. The molecule has 0 unspecified atom stereocenters. The zero-order chi connectivity index (χ0) is 11.0. The minimum Gasteiger partial charge on any atom is -0.459 e. The lowest BCUT2D eigenvalue weighted by Crippen LogP contribution is -2.36. The molecule has 0 aromatic heterocycles. The van der Waals surface area contributed by atoms with Crippen molar-refractivity contribution in [3.05, 3.63) is 12.7 Å². The first-order valence-electron chi connectivity index (χ1n) is 3.87. The van der Waals surface area contributed by atoms with Crippen LogP contribution >= 0.6 is 0 Å². The van der Waals surface area contributed by atoms with Crippen molar-refractivity contribution in [1.29, 1.82) is 0 Å². The second kappa shape index (κ2) is 6.64. The number of carbonyl (C=O) groups excluding carboxylic acids is 2. The summed E-state index contributed by atoms with van der Waals surface area (Å²) in [6.07, 6.45) is 1.24. The smallest absolute Gasteiger partial charge is 0.397 e. The highest BCUT2D eigenvalue weighted by molar-refractivity contribution is 6.36. The van der Waals surface area contributed by atoms with Gasteiger partial charge in [0.05, 0.1) is 6.61 Å². The third kappa shape index (κ3) is 4.24. The maximum atomic E-state index is 11.0. The Balaban J connectivity index is 4.22. The van der Waals surface area contributed by atoms with E-state index in [-0.39, 0.29) is 12.4 Å². The summed E-state index contributed by atoms with van der Waals surface area (Å²) in [6, 6.07) is 0. The van der Waals surface area contributed by atoms with E-state index in [1.54, 1.807) is 6.92 Å². The van der Waals surface area contributed by atoms with Gasteiger partial charge in [0.1, 0.15) is 7.11 Å². The van der Waals surface area contributed by atoms with E-state index in [0.717, 1.165) is 0 Å². The third-order valence-electron chi connectivity index (χ3n) is 1.09. The Labute approximate surface area is 81.6 Å². The van der Waals surface area contributed by atoms with Crippen LogP contribution in [0.4, 0.5) is 0 Å². The predicted octanol–water partition coefficient (Wildman–Crippen LogP) is -0.188. The topological polar surface area (TPSA) is 77.0 Å². The molecule has 0 saturated heterocycles. The molecule has 0 aromatic carbocycles. The summed E-state index contributed by atoms with van der Waals surface area (Å²) in [6.45, 7) is 5.10. The van der Waals surface area contributed by atoms with E-state index in [4.69, 9.17) is 0 Å². The van der Waals surface area contributed by atoms with Crippen LogP contribution in [-0.2, 0) is 19.2 Å². The average Bonchev–Trinajstić information content (AvgIpc) is 2.17. The number of hydrogen-bond donors (Lipinski definition) is 1. The molecule has 6 nitrogen and oxygen atoms in total. The third-order valence-corrected chi connectivity index (χ3v) is 1.09. The predicted molar refractivity (Wildman–Crippen MR) is 49.4 cm³/mol. The van der Waals surface area contributed by atoms with Gasteiger partial charge in [0, 0.05) is 0 Å². The number of ether oxygens (including phenoxy) is 1. The average molecular weight is 200 g/mol. The van der Waals surface area contributed by atoms with Gasteiger partial charge in [0.15, 0.2) is 5.84 Å². The molecule has 0 aliphatic carbocycles. The van der Waals surface area contributed by atoms with E-state index in [1.807, 2.05) is 0 Å². The second-order valence-corrected chi connectivity index (χ2v) is 2.04. The fourth-order valence-electron chi connectivity index (χ4n) is 0.573. The number of rotatable bonds is 3. The molecule has 1 amide bonds. The fourth-order valence-corrected chi connectivity index (χ4v) is 0.573. The SMILES string of the molecule is C=C/C(=N\OC)NC(=O)C(=O)OCC. The van der Waals surface area contributed by atoms with E-state index >= 15 is 0 Å². The van der Waals surface area contributed by atoms with Gasteiger partial charge >= 0.3 is 11.9 Å². The maximum absolute atomic E-state index is 11.0. The summed E-state index contributed by atoms with van der Waals surface area (Å²) in [5, 5.41) is 5.53. The molecule has 1 N–H and O–H groups in total. The van der Waals surface area contributed by atoms with Gasteiger partial charge in [-0.1, -0.05) is 11.7 Å². The van der Waals surface area contributed by atoms with Gasteiger partial charge in [-0.2, -0.15) is 0 Å². The highest BCUT2D eigenvalue weighted by Gasteiger charge is 2.15. The van der Waals surface area contributed by atoms with Crippen LogP contribution in [0.1, 0.15) is 6.92 Å². The first kappa shape index (κ1) is 12.2. The van der Waals surface area contributed by atoms with Gasteiger partial charge < -0.3 is 9.57 Å². The minimum absolute atomic E-state index is 0.0468. The summed E-state index contributed by atoms with van der Waals surface area (Å²) < 4.78 is 4.45. The lowest BCUT2D eigenvalue weighted by atomic mass is 10.5. The molecule has 14 heavy (non-hydrogen) atoms. The summed E-state index contributed by atoms with van der Waals surface area (Å²) in [5.74, 6) is -1.84. The zero-order valence-electron chi connectivity index (χ0n) is 8.07. The Hall–Kier alpha value is -1.85. The molecule has 0 aromatic rings. The second-order valence-electron chi connectivity index (χ2n) is 2.04. The Bertz CT molecular complexity index is 260. The van der Waals surface area contributed by atoms with Crippen molar-refractivity contribution in [1.82, 2.24) is 5.32 Å². The van der Waals surface area contributed by atoms with Crippen LogP contribution < -0.4 is 5.32 Å². The van der Waals surface area contributed by atoms with Gasteiger partial charge in [0.25, 0.3) is 0 Å². The van der Waals surface area contributed by atoms with Crippen LogP contribution in [0.2, 0.25) is 0 Å². The van der Waals surface area contributed by atoms with Crippen LogP contribution in [-0.4, -0.2) is 31.4 Å². The van der Waals surface area contributed by atoms with Crippen molar-refractivity contribution in [2.45, 2.75) is 6.92 Å². The minimum atomic E-state index is -0.974. The van der Waals surface area contributed by atoms with E-state index in [1.165, 1.54) is 13.2 Å². The zero-order valence-corrected chi connectivity index (χ0v) is 8.07. The lowest BCUT2D eigenvalue weighted by Gasteiger charge is -2.02. The molecule has 0 fully saturated rings. The standard InChI is InChI=1S/C8H12N2O4/c1-4-6(10-13-3)9-7(11)8(12)14-5-2/h4H,1,5H2,2-3H3,(H,9,10,11). The van der Waals surface area contributed by atoms with Gasteiger partial charge in [-0.05, 0) is 13.0 Å². The summed E-state index contributed by atoms with van der Waals surface area (Å²) in [7, 11) is 1.31. The monoisotopic (exact) mass is 200 g/mol. The number of nitrogens with one attached hydrogen (secondary N) is 1. The molecule has 0 spiro atoms. The van der Waals surface area contributed by atoms with Gasteiger partial charge in [-0.15, -0.1) is 0 Å². The van der Waals surface area contributed by atoms with E-state index < -0.39 is 11.9 Å². The summed E-state index contributed by atoms with van der Waals surface area (Å²) in [5.41, 5.74) is 0. The van der Waals surface area contributed by atoms with Gasteiger partial charge in [-0.25, -0.2) is 4.79 Å². The van der Waals surface area contributed by atoms with Gasteiger partial charge in [-0.3, -0.25) is 10.1 Å². The fraction of sp³-hybridized carbons (Fsp3) is 0.375. The van der Waals surface area contributed by atoms with E-state index in [9.17, 15) is 9.59 Å². The molecule has 0 aliphatic heterocycles. The van der Waals surface area contributed by atoms with Crippen LogP contribution in [0.25, 0.3) is 0 Å². The Kier molecular flexibility index (Phi) is 5.77. The number of amides is 1. The molecule has 0 atom stereocenters. The van der Waals surface area contributed by atoms with E-state index in [0.29, 0.717) is 0 Å². The maximum Gasteiger partial charge on any atom is 0.397 e. The highest BCUT2D eigenvalue weighted by atomic mass is 16.6. The molecular weight excluding hydrogens is 188 g/mol. The van der Waals surface area contributed by atoms with Crippen LogP contribution in [0.5, 0.6) is 0 Å². The quantitative estimate of drug-likeness (QED) is 0.225. The van der Waals surface area contributed by atoms with Crippen molar-refractivity contribution < 1.29 is 19.2 Å². The Morgan fingerprint density at radius 3 is 2.64 bits per heavy atom. The molecule has 0 radical (unpaired) electrons. The molecule has 0 aliphatic rings. The molecule has 78 valence electrons. The first-order valence-corrected chi connectivity index (χ1v) is 3.87. The van der Waals surface area contributed by atoms with Crippen LogP contribution in [0, 0.1) is 0 Å². The number of carbonyl (C=O) groups is 2. The number of hydrogen-bond acceptors (Lipinski definition) is 5. The molecule has 0 rings (SSSR count). The van der Waals surface area contributed by atoms with E-state index in [2.05, 4.69) is 26.6 Å². The summed E-state index contributed by atoms with van der Waals surface area (Å²) >= 11 is 0. The Morgan fingerprint density at radius 1 is 1.57 bits per heavy atom. The number of oxime groups is 1. The molecule has 0 bridgehead atoms. The number of nitrogens with zero attached hydrogens (tertiary/aromatic N) is 1. The van der Waals surface area contributed by atoms with Crippen LogP contribution in [0.3, 0.4) is 0 Å². The van der Waals surface area contributed by atoms with Crippen molar-refractivity contribution in [2.24, 2.45) is 5.16 Å². The van der Waals surface area contributed by atoms with Crippen molar-refractivity contribution in [3.63, 3.8) is 0 Å². The highest BCUT2D eigenvalue weighted by Crippen LogP contribution is 1.82. The van der Waals surface area contributed by atoms with Crippen molar-refractivity contribution >= 4 is 17.7 Å². The molecule has 0 saturated carbocycles. The molecular formula is C8H12N2O4. The van der Waals surface area contributed by atoms with Crippen molar-refractivity contribution in [2.75, 3.05) is 13.7 Å². The number of amidine groups is 1.